The fraction of sp³-hybridized carbons (Fsp3) is 0.750. The molecule has 1 aliphatic carbocycles. The Labute approximate surface area is 122 Å². The molecular weight excluding hydrogens is 248 g/mol. The third-order valence-corrected chi connectivity index (χ3v) is 4.76. The Bertz CT molecular complexity index is 460. The van der Waals surface area contributed by atoms with E-state index in [9.17, 15) is 0 Å². The molecule has 4 nitrogen and oxygen atoms in total. The Hall–Kier alpha value is -1.32. The molecule has 2 fully saturated rings. The maximum atomic E-state index is 4.79. The van der Waals surface area contributed by atoms with Crippen molar-refractivity contribution in [3.05, 3.63) is 11.8 Å². The fourth-order valence-corrected chi connectivity index (χ4v) is 3.71. The molecule has 2 heterocycles. The van der Waals surface area contributed by atoms with E-state index >= 15 is 0 Å². The zero-order valence-electron chi connectivity index (χ0n) is 12.7. The number of rotatable bonds is 4. The van der Waals surface area contributed by atoms with E-state index in [0.29, 0.717) is 0 Å². The summed E-state index contributed by atoms with van der Waals surface area (Å²) in [6.07, 6.45) is 9.95. The van der Waals surface area contributed by atoms with E-state index in [1.54, 1.807) is 0 Å². The second-order valence-corrected chi connectivity index (χ2v) is 6.22. The normalized spacial score (nSPS) is 25.6. The van der Waals surface area contributed by atoms with Crippen molar-refractivity contribution in [2.24, 2.45) is 5.92 Å². The summed E-state index contributed by atoms with van der Waals surface area (Å²) < 4.78 is 0. The van der Waals surface area contributed by atoms with Crippen LogP contribution in [0.25, 0.3) is 0 Å². The van der Waals surface area contributed by atoms with Crippen LogP contribution in [0.1, 0.15) is 51.0 Å². The first-order valence-electron chi connectivity index (χ1n) is 8.13. The molecule has 0 radical (unpaired) electrons. The van der Waals surface area contributed by atoms with Gasteiger partial charge in [-0.05, 0) is 38.5 Å². The largest absolute Gasteiger partial charge is 0.354 e. The lowest BCUT2D eigenvalue weighted by molar-refractivity contribution is 0.341. The van der Waals surface area contributed by atoms with Gasteiger partial charge < -0.3 is 10.2 Å². The lowest BCUT2D eigenvalue weighted by atomic mass is 9.85. The van der Waals surface area contributed by atoms with Crippen molar-refractivity contribution in [2.45, 2.75) is 58.4 Å². The van der Waals surface area contributed by atoms with Gasteiger partial charge in [0.15, 0.2) is 0 Å². The lowest BCUT2D eigenvalue weighted by Crippen LogP contribution is -2.35. The molecule has 1 aromatic heterocycles. The number of nitrogens with zero attached hydrogens (tertiary/aromatic N) is 3. The minimum Gasteiger partial charge on any atom is -0.354 e. The molecule has 2 unspecified atom stereocenters. The molecule has 1 aliphatic heterocycles. The number of aryl methyl sites for hydroxylation is 1. The smallest absolute Gasteiger partial charge is 0.224 e. The second-order valence-electron chi connectivity index (χ2n) is 6.22. The van der Waals surface area contributed by atoms with Crippen molar-refractivity contribution >= 4 is 11.8 Å². The van der Waals surface area contributed by atoms with Crippen molar-refractivity contribution in [2.75, 3.05) is 23.3 Å². The lowest BCUT2D eigenvalue weighted by Gasteiger charge is -2.33. The first-order chi connectivity index (χ1) is 9.79. The van der Waals surface area contributed by atoms with Crippen LogP contribution in [0.4, 0.5) is 11.8 Å². The molecule has 0 bridgehead atoms. The van der Waals surface area contributed by atoms with Gasteiger partial charge in [0, 0.05) is 30.9 Å². The van der Waals surface area contributed by atoms with Gasteiger partial charge in [-0.3, -0.25) is 0 Å². The van der Waals surface area contributed by atoms with Gasteiger partial charge in [0.2, 0.25) is 5.95 Å². The fourth-order valence-electron chi connectivity index (χ4n) is 3.71. The highest BCUT2D eigenvalue weighted by Gasteiger charge is 2.36. The first-order valence-corrected chi connectivity index (χ1v) is 8.13. The molecule has 2 aliphatic rings. The van der Waals surface area contributed by atoms with Gasteiger partial charge in [0.05, 0.1) is 0 Å². The van der Waals surface area contributed by atoms with Crippen LogP contribution in [-0.4, -0.2) is 29.1 Å². The highest BCUT2D eigenvalue weighted by atomic mass is 15.3. The SMILES string of the molecule is CCCNc1ncc(C)c(N2CCC3CCCCC32)n1. The summed E-state index contributed by atoms with van der Waals surface area (Å²) in [6.45, 7) is 6.40. The Kier molecular flexibility index (Phi) is 4.08. The molecule has 0 amide bonds. The van der Waals surface area contributed by atoms with Crippen LogP contribution in [0.2, 0.25) is 0 Å². The minimum atomic E-state index is 0.719. The molecule has 1 saturated carbocycles. The van der Waals surface area contributed by atoms with Crippen LogP contribution in [0, 0.1) is 12.8 Å². The Balaban J connectivity index is 1.81. The van der Waals surface area contributed by atoms with Gasteiger partial charge in [-0.1, -0.05) is 19.8 Å². The average Bonchev–Trinajstić information content (AvgIpc) is 2.90. The first kappa shape index (κ1) is 13.7. The summed E-state index contributed by atoms with van der Waals surface area (Å²) in [7, 11) is 0. The number of hydrogen-bond acceptors (Lipinski definition) is 4. The van der Waals surface area contributed by atoms with Crippen LogP contribution in [-0.2, 0) is 0 Å². The molecule has 1 aromatic rings. The van der Waals surface area contributed by atoms with Crippen LogP contribution in [0.5, 0.6) is 0 Å². The van der Waals surface area contributed by atoms with Gasteiger partial charge in [0.1, 0.15) is 5.82 Å². The van der Waals surface area contributed by atoms with Gasteiger partial charge in [0.25, 0.3) is 0 Å². The predicted octanol–water partition coefficient (Wildman–Crippen LogP) is 3.38. The van der Waals surface area contributed by atoms with Crippen LogP contribution in [0.15, 0.2) is 6.20 Å². The number of anilines is 2. The van der Waals surface area contributed by atoms with Crippen molar-refractivity contribution in [1.29, 1.82) is 0 Å². The highest BCUT2D eigenvalue weighted by Crippen LogP contribution is 2.39. The summed E-state index contributed by atoms with van der Waals surface area (Å²) in [5.41, 5.74) is 1.21. The molecule has 4 heteroatoms. The van der Waals surface area contributed by atoms with E-state index in [1.807, 2.05) is 6.20 Å². The molecule has 1 saturated heterocycles. The Morgan fingerprint density at radius 3 is 3.00 bits per heavy atom. The van der Waals surface area contributed by atoms with E-state index in [4.69, 9.17) is 4.98 Å². The Morgan fingerprint density at radius 2 is 2.15 bits per heavy atom. The zero-order chi connectivity index (χ0) is 13.9. The third kappa shape index (κ3) is 2.60. The highest BCUT2D eigenvalue weighted by molar-refractivity contribution is 5.51. The number of fused-ring (bicyclic) bond motifs is 1. The maximum Gasteiger partial charge on any atom is 0.224 e. The number of aromatic nitrogens is 2. The zero-order valence-corrected chi connectivity index (χ0v) is 12.7. The number of nitrogens with one attached hydrogen (secondary N) is 1. The van der Waals surface area contributed by atoms with Crippen LogP contribution >= 0.6 is 0 Å². The second kappa shape index (κ2) is 5.98. The minimum absolute atomic E-state index is 0.719. The third-order valence-electron chi connectivity index (χ3n) is 4.76. The summed E-state index contributed by atoms with van der Waals surface area (Å²) in [5.74, 6) is 2.84. The van der Waals surface area contributed by atoms with Gasteiger partial charge >= 0.3 is 0 Å². The van der Waals surface area contributed by atoms with Gasteiger partial charge in [-0.2, -0.15) is 4.98 Å². The van der Waals surface area contributed by atoms with E-state index < -0.39 is 0 Å². The Morgan fingerprint density at radius 1 is 1.30 bits per heavy atom. The van der Waals surface area contributed by atoms with E-state index in [1.165, 1.54) is 44.2 Å². The quantitative estimate of drug-likeness (QED) is 0.914. The van der Waals surface area contributed by atoms with Crippen molar-refractivity contribution < 1.29 is 0 Å². The summed E-state index contributed by atoms with van der Waals surface area (Å²) >= 11 is 0. The summed E-state index contributed by atoms with van der Waals surface area (Å²) in [6, 6.07) is 0.719. The molecular formula is C16H26N4. The molecule has 20 heavy (non-hydrogen) atoms. The standard InChI is InChI=1S/C16H26N4/c1-3-9-17-16-18-11-12(2)15(19-16)20-10-8-13-6-4-5-7-14(13)20/h11,13-14H,3-10H2,1-2H3,(H,17,18,19). The molecule has 3 rings (SSSR count). The molecule has 0 spiro atoms. The topological polar surface area (TPSA) is 41.1 Å². The maximum absolute atomic E-state index is 4.79. The predicted molar refractivity (Wildman–Crippen MR) is 83.3 cm³/mol. The monoisotopic (exact) mass is 274 g/mol. The average molecular weight is 274 g/mol. The van der Waals surface area contributed by atoms with Crippen LogP contribution < -0.4 is 10.2 Å². The summed E-state index contributed by atoms with van der Waals surface area (Å²) in [4.78, 5) is 11.7. The van der Waals surface area contributed by atoms with Crippen LogP contribution in [0.3, 0.4) is 0 Å². The van der Waals surface area contributed by atoms with E-state index in [-0.39, 0.29) is 0 Å². The van der Waals surface area contributed by atoms with Gasteiger partial charge in [-0.25, -0.2) is 4.98 Å². The molecule has 2 atom stereocenters. The van der Waals surface area contributed by atoms with Crippen molar-refractivity contribution in [1.82, 2.24) is 9.97 Å². The summed E-state index contributed by atoms with van der Waals surface area (Å²) in [5, 5.41) is 3.31. The van der Waals surface area contributed by atoms with E-state index in [2.05, 4.69) is 29.0 Å². The molecule has 1 N–H and O–H groups in total. The molecule has 0 aromatic carbocycles. The van der Waals surface area contributed by atoms with E-state index in [0.717, 1.165) is 36.7 Å². The van der Waals surface area contributed by atoms with Gasteiger partial charge in [-0.15, -0.1) is 0 Å². The van der Waals surface area contributed by atoms with Crippen molar-refractivity contribution in [3.63, 3.8) is 0 Å². The molecule has 110 valence electrons. The van der Waals surface area contributed by atoms with Crippen molar-refractivity contribution in [3.8, 4) is 0 Å². The number of hydrogen-bond donors (Lipinski definition) is 1.